The first-order valence-electron chi connectivity index (χ1n) is 7.42. The second kappa shape index (κ2) is 8.19. The number of aliphatic carboxylic acids is 1. The molecule has 0 amide bonds. The van der Waals surface area contributed by atoms with Gasteiger partial charge in [-0.25, -0.2) is 0 Å². The minimum atomic E-state index is -0.866. The third kappa shape index (κ3) is 4.72. The van der Waals surface area contributed by atoms with Gasteiger partial charge in [-0.05, 0) is 18.1 Å². The van der Waals surface area contributed by atoms with Crippen molar-refractivity contribution < 1.29 is 19.4 Å². The maximum Gasteiger partial charge on any atom is 0.303 e. The fraction of sp³-hybridized carbons (Fsp3) is 0.278. The van der Waals surface area contributed by atoms with Gasteiger partial charge in [-0.1, -0.05) is 42.5 Å². The van der Waals surface area contributed by atoms with Gasteiger partial charge in [0.25, 0.3) is 0 Å². The van der Waals surface area contributed by atoms with Crippen molar-refractivity contribution in [2.45, 2.75) is 25.5 Å². The summed E-state index contributed by atoms with van der Waals surface area (Å²) in [5, 5.41) is 8.82. The second-order valence-electron chi connectivity index (χ2n) is 5.19. The molecule has 5 nitrogen and oxygen atoms in total. The predicted octanol–water partition coefficient (Wildman–Crippen LogP) is 3.14. The number of carboxylic acid groups (broad SMARTS) is 1. The number of hydrogen-bond donors (Lipinski definition) is 2. The monoisotopic (exact) mass is 315 g/mol. The van der Waals surface area contributed by atoms with Gasteiger partial charge in [0.15, 0.2) is 11.5 Å². The fourth-order valence-electron chi connectivity index (χ4n) is 2.30. The molecule has 1 atom stereocenters. The Kier molecular flexibility index (Phi) is 6.00. The summed E-state index contributed by atoms with van der Waals surface area (Å²) < 4.78 is 11.3. The summed E-state index contributed by atoms with van der Waals surface area (Å²) in [5.74, 6) is 0.288. The van der Waals surface area contributed by atoms with Gasteiger partial charge in [-0.2, -0.15) is 0 Å². The van der Waals surface area contributed by atoms with Crippen LogP contribution in [0.5, 0.6) is 11.5 Å². The van der Waals surface area contributed by atoms with E-state index >= 15 is 0 Å². The standard InChI is InChI=1S/C18H21NO4/c1-22-16-9-5-8-14(15(19)10-11-17(20)21)18(16)23-12-13-6-3-2-4-7-13/h2-9,15H,10-12,19H2,1H3,(H,20,21). The number of carbonyl (C=O) groups is 1. The number of methoxy groups -OCH3 is 1. The number of carboxylic acids is 1. The first-order chi connectivity index (χ1) is 11.1. The normalized spacial score (nSPS) is 11.7. The lowest BCUT2D eigenvalue weighted by Gasteiger charge is -2.19. The maximum absolute atomic E-state index is 10.7. The summed E-state index contributed by atoms with van der Waals surface area (Å²) in [7, 11) is 1.57. The highest BCUT2D eigenvalue weighted by Crippen LogP contribution is 2.36. The number of ether oxygens (including phenoxy) is 2. The minimum absolute atomic E-state index is 0.0104. The molecule has 0 fully saturated rings. The van der Waals surface area contributed by atoms with Crippen LogP contribution < -0.4 is 15.2 Å². The number of hydrogen-bond acceptors (Lipinski definition) is 4. The predicted molar refractivity (Wildman–Crippen MR) is 87.6 cm³/mol. The largest absolute Gasteiger partial charge is 0.493 e. The molecule has 0 saturated carbocycles. The average molecular weight is 315 g/mol. The highest BCUT2D eigenvalue weighted by atomic mass is 16.5. The van der Waals surface area contributed by atoms with Crippen molar-refractivity contribution in [1.29, 1.82) is 0 Å². The third-order valence-electron chi connectivity index (χ3n) is 3.52. The molecule has 0 heterocycles. The van der Waals surface area contributed by atoms with E-state index in [0.717, 1.165) is 11.1 Å². The van der Waals surface area contributed by atoms with Crippen LogP contribution in [0.25, 0.3) is 0 Å². The van der Waals surface area contributed by atoms with Gasteiger partial charge in [0.2, 0.25) is 0 Å². The Labute approximate surface area is 135 Å². The molecule has 2 aromatic rings. The Morgan fingerprint density at radius 3 is 2.57 bits per heavy atom. The van der Waals surface area contributed by atoms with Crippen LogP contribution in [-0.2, 0) is 11.4 Å². The first-order valence-corrected chi connectivity index (χ1v) is 7.42. The van der Waals surface area contributed by atoms with Gasteiger partial charge in [-0.15, -0.1) is 0 Å². The number of benzene rings is 2. The third-order valence-corrected chi connectivity index (χ3v) is 3.52. The van der Waals surface area contributed by atoms with E-state index < -0.39 is 12.0 Å². The molecular formula is C18H21NO4. The van der Waals surface area contributed by atoms with Crippen molar-refractivity contribution in [2.24, 2.45) is 5.73 Å². The highest BCUT2D eigenvalue weighted by molar-refractivity contribution is 5.66. The van der Waals surface area contributed by atoms with Crippen LogP contribution in [0.3, 0.4) is 0 Å². The zero-order valence-corrected chi connectivity index (χ0v) is 13.1. The van der Waals surface area contributed by atoms with Gasteiger partial charge < -0.3 is 20.3 Å². The molecule has 0 aliphatic rings. The van der Waals surface area contributed by atoms with Crippen LogP contribution in [0.2, 0.25) is 0 Å². The molecule has 5 heteroatoms. The smallest absolute Gasteiger partial charge is 0.303 e. The fourth-order valence-corrected chi connectivity index (χ4v) is 2.30. The lowest BCUT2D eigenvalue weighted by molar-refractivity contribution is -0.137. The van der Waals surface area contributed by atoms with Crippen molar-refractivity contribution in [3.05, 3.63) is 59.7 Å². The Hall–Kier alpha value is -2.53. The van der Waals surface area contributed by atoms with E-state index in [-0.39, 0.29) is 6.42 Å². The molecule has 23 heavy (non-hydrogen) atoms. The summed E-state index contributed by atoms with van der Waals surface area (Å²) in [4.78, 5) is 10.7. The van der Waals surface area contributed by atoms with E-state index in [9.17, 15) is 4.79 Å². The van der Waals surface area contributed by atoms with Crippen LogP contribution in [0.4, 0.5) is 0 Å². The molecule has 0 aliphatic carbocycles. The molecule has 0 saturated heterocycles. The van der Waals surface area contributed by atoms with Gasteiger partial charge in [0.1, 0.15) is 6.61 Å². The molecule has 1 unspecified atom stereocenters. The van der Waals surface area contributed by atoms with E-state index in [1.807, 2.05) is 42.5 Å². The quantitative estimate of drug-likeness (QED) is 0.782. The average Bonchev–Trinajstić information content (AvgIpc) is 2.58. The molecule has 2 rings (SSSR count). The summed E-state index contributed by atoms with van der Waals surface area (Å²) >= 11 is 0. The van der Waals surface area contributed by atoms with Gasteiger partial charge in [0.05, 0.1) is 7.11 Å². The SMILES string of the molecule is COc1cccc(C(N)CCC(=O)O)c1OCc1ccccc1. The molecule has 0 radical (unpaired) electrons. The van der Waals surface area contributed by atoms with Crippen molar-refractivity contribution in [3.8, 4) is 11.5 Å². The van der Waals surface area contributed by atoms with Gasteiger partial charge in [0, 0.05) is 18.0 Å². The van der Waals surface area contributed by atoms with Crippen LogP contribution >= 0.6 is 0 Å². The number of nitrogens with two attached hydrogens (primary N) is 1. The Balaban J connectivity index is 2.19. The molecule has 0 aliphatic heterocycles. The van der Waals surface area contributed by atoms with Crippen molar-refractivity contribution in [1.82, 2.24) is 0 Å². The van der Waals surface area contributed by atoms with E-state index in [0.29, 0.717) is 24.5 Å². The van der Waals surface area contributed by atoms with E-state index in [2.05, 4.69) is 0 Å². The molecule has 3 N–H and O–H groups in total. The molecular weight excluding hydrogens is 294 g/mol. The molecule has 0 aromatic heterocycles. The Morgan fingerprint density at radius 2 is 1.91 bits per heavy atom. The van der Waals surface area contributed by atoms with E-state index in [1.54, 1.807) is 13.2 Å². The van der Waals surface area contributed by atoms with Crippen LogP contribution in [0.1, 0.15) is 30.0 Å². The lowest BCUT2D eigenvalue weighted by Crippen LogP contribution is -2.14. The topological polar surface area (TPSA) is 81.8 Å². The molecule has 2 aromatic carbocycles. The number of para-hydroxylation sites is 1. The Bertz CT molecular complexity index is 643. The lowest BCUT2D eigenvalue weighted by atomic mass is 10.0. The van der Waals surface area contributed by atoms with Crippen LogP contribution in [-0.4, -0.2) is 18.2 Å². The number of rotatable bonds is 8. The summed E-state index contributed by atoms with van der Waals surface area (Å²) in [6.07, 6.45) is 0.348. The van der Waals surface area contributed by atoms with Gasteiger partial charge in [-0.3, -0.25) is 4.79 Å². The van der Waals surface area contributed by atoms with E-state index in [4.69, 9.17) is 20.3 Å². The van der Waals surface area contributed by atoms with Gasteiger partial charge >= 0.3 is 5.97 Å². The summed E-state index contributed by atoms with van der Waals surface area (Å²) in [6, 6.07) is 14.8. The second-order valence-corrected chi connectivity index (χ2v) is 5.19. The summed E-state index contributed by atoms with van der Waals surface area (Å²) in [5.41, 5.74) is 7.92. The van der Waals surface area contributed by atoms with Crippen LogP contribution in [0.15, 0.2) is 48.5 Å². The zero-order chi connectivity index (χ0) is 16.7. The highest BCUT2D eigenvalue weighted by Gasteiger charge is 2.17. The maximum atomic E-state index is 10.7. The first kappa shape index (κ1) is 16.8. The zero-order valence-electron chi connectivity index (χ0n) is 13.1. The molecule has 0 spiro atoms. The van der Waals surface area contributed by atoms with E-state index in [1.165, 1.54) is 0 Å². The minimum Gasteiger partial charge on any atom is -0.493 e. The van der Waals surface area contributed by atoms with Crippen molar-refractivity contribution in [2.75, 3.05) is 7.11 Å². The molecule has 122 valence electrons. The van der Waals surface area contributed by atoms with Crippen LogP contribution in [0, 0.1) is 0 Å². The van der Waals surface area contributed by atoms with Crippen molar-refractivity contribution in [3.63, 3.8) is 0 Å². The Morgan fingerprint density at radius 1 is 1.17 bits per heavy atom. The van der Waals surface area contributed by atoms with Crippen molar-refractivity contribution >= 4 is 5.97 Å². The summed E-state index contributed by atoms with van der Waals surface area (Å²) in [6.45, 7) is 0.389. The molecule has 0 bridgehead atoms.